The van der Waals surface area contributed by atoms with Crippen molar-refractivity contribution in [3.8, 4) is 5.75 Å². The van der Waals surface area contributed by atoms with Crippen LogP contribution >= 0.6 is 0 Å². The van der Waals surface area contributed by atoms with Gasteiger partial charge in [-0.15, -0.1) is 0 Å². The molecule has 1 atom stereocenters. The fraction of sp³-hybridized carbons (Fsp3) is 0.167. The summed E-state index contributed by atoms with van der Waals surface area (Å²) in [5.74, 6) is -1.63. The smallest absolute Gasteiger partial charge is 0.331 e. The molecule has 0 saturated heterocycles. The van der Waals surface area contributed by atoms with Crippen molar-refractivity contribution in [2.75, 3.05) is 14.2 Å². The first-order chi connectivity index (χ1) is 12.0. The van der Waals surface area contributed by atoms with E-state index in [1.807, 2.05) is 0 Å². The summed E-state index contributed by atoms with van der Waals surface area (Å²) >= 11 is 0. The summed E-state index contributed by atoms with van der Waals surface area (Å²) in [6.45, 7) is 0. The molecule has 2 aromatic rings. The number of hydrogen-bond acceptors (Lipinski definition) is 4. The molecule has 0 saturated carbocycles. The van der Waals surface area contributed by atoms with Gasteiger partial charge in [0.2, 0.25) is 0 Å². The van der Waals surface area contributed by atoms with E-state index in [1.165, 1.54) is 26.3 Å². The summed E-state index contributed by atoms with van der Waals surface area (Å²) in [7, 11) is 2.78. The fourth-order valence-corrected chi connectivity index (χ4v) is 2.38. The van der Waals surface area contributed by atoms with E-state index in [0.29, 0.717) is 16.2 Å². The molecule has 25 heavy (non-hydrogen) atoms. The third kappa shape index (κ3) is 3.95. The number of ether oxygens (including phenoxy) is 1. The highest BCUT2D eigenvalue weighted by atomic mass is 16.5. The minimum atomic E-state index is -1.46. The van der Waals surface area contributed by atoms with Gasteiger partial charge in [-0.2, -0.15) is 0 Å². The number of carbonyl (C=O) groups excluding carboxylic acids is 2. The Balaban J connectivity index is 2.52. The Morgan fingerprint density at radius 2 is 1.76 bits per heavy atom. The second kappa shape index (κ2) is 7.96. The van der Waals surface area contributed by atoms with E-state index in [1.54, 1.807) is 42.5 Å². The first kappa shape index (κ1) is 18.0. The average Bonchev–Trinajstić information content (AvgIpc) is 2.65. The average molecular weight is 342 g/mol. The molecule has 0 bridgehead atoms. The molecule has 0 radical (unpaired) electrons. The van der Waals surface area contributed by atoms with Crippen LogP contribution < -0.4 is 10.1 Å². The Morgan fingerprint density at radius 1 is 1.08 bits per heavy atom. The molecule has 1 unspecified atom stereocenters. The monoisotopic (exact) mass is 342 g/mol. The normalized spacial score (nSPS) is 11.3. The maximum absolute atomic E-state index is 12.9. The fourth-order valence-electron chi connectivity index (χ4n) is 2.38. The van der Waals surface area contributed by atoms with Crippen LogP contribution in [-0.2, 0) is 4.79 Å². The van der Waals surface area contributed by atoms with Crippen LogP contribution in [0.25, 0.3) is 0 Å². The first-order valence-corrected chi connectivity index (χ1v) is 7.46. The van der Waals surface area contributed by atoms with Crippen molar-refractivity contribution in [1.29, 1.82) is 0 Å². The zero-order valence-corrected chi connectivity index (χ0v) is 13.8. The highest BCUT2D eigenvalue weighted by Gasteiger charge is 2.36. The highest BCUT2D eigenvalue weighted by Crippen LogP contribution is 2.24. The molecule has 2 aromatic carbocycles. The molecule has 7 nitrogen and oxygen atoms in total. The van der Waals surface area contributed by atoms with Crippen LogP contribution in [0, 0.1) is 0 Å². The summed E-state index contributed by atoms with van der Waals surface area (Å²) in [6.07, 6.45) is 0. The van der Waals surface area contributed by atoms with Gasteiger partial charge in [-0.1, -0.05) is 36.4 Å². The number of hydrogen-bond donors (Lipinski definition) is 2. The van der Waals surface area contributed by atoms with Crippen molar-refractivity contribution < 1.29 is 24.2 Å². The summed E-state index contributed by atoms with van der Waals surface area (Å²) in [5, 5.41) is 12.0. The number of amides is 3. The van der Waals surface area contributed by atoms with Crippen LogP contribution in [0.4, 0.5) is 4.79 Å². The lowest BCUT2D eigenvalue weighted by Crippen LogP contribution is -2.47. The van der Waals surface area contributed by atoms with Crippen molar-refractivity contribution in [2.45, 2.75) is 6.04 Å². The van der Waals surface area contributed by atoms with Crippen LogP contribution in [0.15, 0.2) is 54.6 Å². The van der Waals surface area contributed by atoms with Crippen LogP contribution in [0.1, 0.15) is 22.0 Å². The first-order valence-electron chi connectivity index (χ1n) is 7.46. The number of urea groups is 1. The van der Waals surface area contributed by atoms with Gasteiger partial charge < -0.3 is 15.2 Å². The third-order valence-electron chi connectivity index (χ3n) is 3.58. The molecule has 0 aliphatic heterocycles. The quantitative estimate of drug-likeness (QED) is 0.869. The van der Waals surface area contributed by atoms with E-state index in [9.17, 15) is 19.5 Å². The zero-order valence-electron chi connectivity index (χ0n) is 13.8. The molecule has 0 spiro atoms. The van der Waals surface area contributed by atoms with E-state index in [4.69, 9.17) is 4.74 Å². The topological polar surface area (TPSA) is 95.9 Å². The van der Waals surface area contributed by atoms with E-state index in [0.717, 1.165) is 0 Å². The maximum Gasteiger partial charge on any atom is 0.331 e. The molecule has 3 amide bonds. The van der Waals surface area contributed by atoms with Crippen molar-refractivity contribution in [2.24, 2.45) is 0 Å². The molecule has 130 valence electrons. The Morgan fingerprint density at radius 3 is 2.32 bits per heavy atom. The third-order valence-corrected chi connectivity index (χ3v) is 3.58. The Hall–Kier alpha value is -3.35. The molecular formula is C18H18N2O5. The minimum absolute atomic E-state index is 0.144. The molecule has 0 aromatic heterocycles. The Labute approximate surface area is 144 Å². The van der Waals surface area contributed by atoms with Crippen LogP contribution in [0.2, 0.25) is 0 Å². The second-order valence-electron chi connectivity index (χ2n) is 5.11. The SMILES string of the molecule is CNC(=O)N(C(=O)c1cccc(OC)c1)C(C(=O)O)c1ccccc1. The largest absolute Gasteiger partial charge is 0.497 e. The van der Waals surface area contributed by atoms with Gasteiger partial charge in [0, 0.05) is 12.6 Å². The predicted molar refractivity (Wildman–Crippen MR) is 90.4 cm³/mol. The number of nitrogens with zero attached hydrogens (tertiary/aromatic N) is 1. The number of carboxylic acids is 1. The van der Waals surface area contributed by atoms with Gasteiger partial charge in [-0.05, 0) is 23.8 Å². The minimum Gasteiger partial charge on any atom is -0.497 e. The van der Waals surface area contributed by atoms with Gasteiger partial charge in [-0.25, -0.2) is 14.5 Å². The van der Waals surface area contributed by atoms with Gasteiger partial charge in [0.1, 0.15) is 5.75 Å². The number of nitrogens with one attached hydrogen (secondary N) is 1. The molecule has 0 fully saturated rings. The predicted octanol–water partition coefficient (Wildman–Crippen LogP) is 2.30. The molecule has 2 rings (SSSR count). The molecular weight excluding hydrogens is 324 g/mol. The zero-order chi connectivity index (χ0) is 18.4. The molecule has 0 aliphatic rings. The molecule has 7 heteroatoms. The van der Waals surface area contributed by atoms with E-state index >= 15 is 0 Å². The number of benzene rings is 2. The van der Waals surface area contributed by atoms with Crippen molar-refractivity contribution in [3.63, 3.8) is 0 Å². The van der Waals surface area contributed by atoms with Gasteiger partial charge in [0.15, 0.2) is 6.04 Å². The van der Waals surface area contributed by atoms with Gasteiger partial charge in [0.05, 0.1) is 7.11 Å². The van der Waals surface area contributed by atoms with Crippen LogP contribution in [0.5, 0.6) is 5.75 Å². The van der Waals surface area contributed by atoms with Gasteiger partial charge >= 0.3 is 12.0 Å². The van der Waals surface area contributed by atoms with Crippen molar-refractivity contribution >= 4 is 17.9 Å². The number of imide groups is 1. The van der Waals surface area contributed by atoms with Crippen LogP contribution in [-0.4, -0.2) is 42.1 Å². The lowest BCUT2D eigenvalue weighted by atomic mass is 10.0. The molecule has 0 heterocycles. The summed E-state index contributed by atoms with van der Waals surface area (Å²) in [6, 6.07) is 12.0. The number of carboxylic acid groups (broad SMARTS) is 1. The van der Waals surface area contributed by atoms with Crippen molar-refractivity contribution in [3.05, 3.63) is 65.7 Å². The van der Waals surface area contributed by atoms with Gasteiger partial charge in [0.25, 0.3) is 5.91 Å². The van der Waals surface area contributed by atoms with Crippen molar-refractivity contribution in [1.82, 2.24) is 10.2 Å². The number of aliphatic carboxylic acids is 1. The summed E-state index contributed by atoms with van der Waals surface area (Å²) in [5.41, 5.74) is 0.458. The van der Waals surface area contributed by atoms with E-state index in [2.05, 4.69) is 5.32 Å². The molecule has 2 N–H and O–H groups in total. The summed E-state index contributed by atoms with van der Waals surface area (Å²) < 4.78 is 5.08. The number of carbonyl (C=O) groups is 3. The standard InChI is InChI=1S/C18H18N2O5/c1-19-18(24)20(15(17(22)23)12-7-4-3-5-8-12)16(21)13-9-6-10-14(11-13)25-2/h3-11,15H,1-2H3,(H,19,24)(H,22,23). The highest BCUT2D eigenvalue weighted by molar-refractivity contribution is 6.07. The Kier molecular flexibility index (Phi) is 5.73. The van der Waals surface area contributed by atoms with E-state index < -0.39 is 23.9 Å². The number of methoxy groups -OCH3 is 1. The lowest BCUT2D eigenvalue weighted by molar-refractivity contribution is -0.141. The molecule has 0 aliphatic carbocycles. The van der Waals surface area contributed by atoms with Crippen LogP contribution in [0.3, 0.4) is 0 Å². The van der Waals surface area contributed by atoms with Gasteiger partial charge in [-0.3, -0.25) is 4.79 Å². The summed E-state index contributed by atoms with van der Waals surface area (Å²) in [4.78, 5) is 37.7. The maximum atomic E-state index is 12.9. The second-order valence-corrected chi connectivity index (χ2v) is 5.11. The number of rotatable bonds is 5. The lowest BCUT2D eigenvalue weighted by Gasteiger charge is -2.27. The van der Waals surface area contributed by atoms with E-state index in [-0.39, 0.29) is 5.56 Å². The Bertz CT molecular complexity index is 776.